The van der Waals surface area contributed by atoms with E-state index < -0.39 is 0 Å². The summed E-state index contributed by atoms with van der Waals surface area (Å²) in [6.07, 6.45) is 11.0. The molecule has 2 saturated carbocycles. The molecule has 2 N–H and O–H groups in total. The minimum absolute atomic E-state index is 0.304. The molecule has 1 unspecified atom stereocenters. The van der Waals surface area contributed by atoms with E-state index in [1.165, 1.54) is 64.5 Å². The van der Waals surface area contributed by atoms with Gasteiger partial charge < -0.3 is 5.73 Å². The highest BCUT2D eigenvalue weighted by Gasteiger charge is 2.39. The highest BCUT2D eigenvalue weighted by Crippen LogP contribution is 2.41. The molecule has 0 aromatic heterocycles. The highest BCUT2D eigenvalue weighted by molar-refractivity contribution is 4.96. The van der Waals surface area contributed by atoms with Crippen LogP contribution in [0.25, 0.3) is 0 Å². The van der Waals surface area contributed by atoms with Crippen molar-refractivity contribution in [2.45, 2.75) is 77.7 Å². The van der Waals surface area contributed by atoms with Crippen LogP contribution in [0.5, 0.6) is 0 Å². The van der Waals surface area contributed by atoms with Gasteiger partial charge in [-0.25, -0.2) is 0 Å². The van der Waals surface area contributed by atoms with Gasteiger partial charge in [0, 0.05) is 18.6 Å². The van der Waals surface area contributed by atoms with Crippen molar-refractivity contribution in [1.82, 2.24) is 4.90 Å². The van der Waals surface area contributed by atoms with E-state index in [1.54, 1.807) is 0 Å². The van der Waals surface area contributed by atoms with E-state index in [9.17, 15) is 0 Å². The van der Waals surface area contributed by atoms with Crippen molar-refractivity contribution in [3.05, 3.63) is 0 Å². The molecule has 0 bridgehead atoms. The van der Waals surface area contributed by atoms with E-state index in [4.69, 9.17) is 5.73 Å². The number of likely N-dealkylation sites (N-methyl/N-ethyl adjacent to an activating group) is 1. The summed E-state index contributed by atoms with van der Waals surface area (Å²) < 4.78 is 0. The van der Waals surface area contributed by atoms with E-state index in [0.717, 1.165) is 12.5 Å². The van der Waals surface area contributed by atoms with Gasteiger partial charge in [-0.15, -0.1) is 0 Å². The van der Waals surface area contributed by atoms with Crippen molar-refractivity contribution in [2.75, 3.05) is 19.6 Å². The fourth-order valence-corrected chi connectivity index (χ4v) is 4.01. The minimum Gasteiger partial charge on any atom is -0.329 e. The molecule has 19 heavy (non-hydrogen) atoms. The average Bonchev–Trinajstić information content (AvgIpc) is 2.48. The van der Waals surface area contributed by atoms with Gasteiger partial charge in [-0.2, -0.15) is 0 Å². The molecule has 0 heterocycles. The van der Waals surface area contributed by atoms with Crippen LogP contribution in [0.2, 0.25) is 0 Å². The zero-order valence-electron chi connectivity index (χ0n) is 13.4. The van der Waals surface area contributed by atoms with E-state index in [-0.39, 0.29) is 0 Å². The van der Waals surface area contributed by atoms with Gasteiger partial charge in [-0.1, -0.05) is 33.6 Å². The molecule has 2 aliphatic rings. The molecule has 1 atom stereocenters. The van der Waals surface area contributed by atoms with Crippen molar-refractivity contribution in [3.8, 4) is 0 Å². The average molecular weight is 266 g/mol. The number of rotatable bonds is 5. The van der Waals surface area contributed by atoms with Crippen molar-refractivity contribution in [1.29, 1.82) is 0 Å². The number of nitrogens with two attached hydrogens (primary N) is 1. The Bertz CT molecular complexity index is 283. The molecular weight excluding hydrogens is 232 g/mol. The van der Waals surface area contributed by atoms with Crippen LogP contribution >= 0.6 is 0 Å². The monoisotopic (exact) mass is 266 g/mol. The van der Waals surface area contributed by atoms with E-state index in [2.05, 4.69) is 25.7 Å². The summed E-state index contributed by atoms with van der Waals surface area (Å²) in [6.45, 7) is 10.5. The molecule has 0 spiro atoms. The van der Waals surface area contributed by atoms with Gasteiger partial charge in [0.15, 0.2) is 0 Å². The van der Waals surface area contributed by atoms with Crippen LogP contribution in [-0.2, 0) is 0 Å². The molecule has 112 valence electrons. The van der Waals surface area contributed by atoms with Gasteiger partial charge in [-0.3, -0.25) is 4.90 Å². The molecule has 0 aromatic rings. The second kappa shape index (κ2) is 6.13. The molecule has 0 aromatic carbocycles. The first-order valence-corrected chi connectivity index (χ1v) is 8.46. The molecule has 0 radical (unpaired) electrons. The third-order valence-corrected chi connectivity index (χ3v) is 5.90. The summed E-state index contributed by atoms with van der Waals surface area (Å²) >= 11 is 0. The standard InChI is InChI=1S/C17H34N2/c1-4-19(13-15-7-5-8-15)17(14-18)10-6-9-16(2,3)11-12-17/h15H,4-14,18H2,1-3H3. The molecule has 0 saturated heterocycles. The Morgan fingerprint density at radius 2 is 1.79 bits per heavy atom. The van der Waals surface area contributed by atoms with Crippen molar-refractivity contribution in [3.63, 3.8) is 0 Å². The molecule has 0 aliphatic heterocycles. The maximum atomic E-state index is 6.27. The van der Waals surface area contributed by atoms with Crippen LogP contribution in [0.15, 0.2) is 0 Å². The maximum absolute atomic E-state index is 6.27. The minimum atomic E-state index is 0.304. The number of hydrogen-bond acceptors (Lipinski definition) is 2. The van der Waals surface area contributed by atoms with Crippen LogP contribution in [0.1, 0.15) is 72.1 Å². The topological polar surface area (TPSA) is 29.3 Å². The summed E-state index contributed by atoms with van der Waals surface area (Å²) in [6, 6.07) is 0. The Hall–Kier alpha value is -0.0800. The molecule has 2 fully saturated rings. The first-order chi connectivity index (χ1) is 9.01. The lowest BCUT2D eigenvalue weighted by Crippen LogP contribution is -2.55. The molecular formula is C17H34N2. The normalized spacial score (nSPS) is 32.1. The lowest BCUT2D eigenvalue weighted by atomic mass is 9.80. The third-order valence-electron chi connectivity index (χ3n) is 5.90. The summed E-state index contributed by atoms with van der Waals surface area (Å²) in [5.74, 6) is 0.958. The van der Waals surface area contributed by atoms with Crippen molar-refractivity contribution < 1.29 is 0 Å². The molecule has 0 amide bonds. The smallest absolute Gasteiger partial charge is 0.0331 e. The second-order valence-electron chi connectivity index (χ2n) is 7.78. The Balaban J connectivity index is 2.05. The number of hydrogen-bond donors (Lipinski definition) is 1. The Morgan fingerprint density at radius 3 is 2.32 bits per heavy atom. The predicted molar refractivity (Wildman–Crippen MR) is 83.2 cm³/mol. The fraction of sp³-hybridized carbons (Fsp3) is 1.00. The molecule has 2 nitrogen and oxygen atoms in total. The Labute approximate surface area is 120 Å². The zero-order valence-corrected chi connectivity index (χ0v) is 13.4. The summed E-state index contributed by atoms with van der Waals surface area (Å²) in [4.78, 5) is 2.75. The fourth-order valence-electron chi connectivity index (χ4n) is 4.01. The van der Waals surface area contributed by atoms with E-state index in [0.29, 0.717) is 11.0 Å². The van der Waals surface area contributed by atoms with Gasteiger partial charge >= 0.3 is 0 Å². The number of nitrogens with zero attached hydrogens (tertiary/aromatic N) is 1. The van der Waals surface area contributed by atoms with Crippen LogP contribution < -0.4 is 5.73 Å². The summed E-state index contributed by atoms with van der Waals surface area (Å²) in [5, 5.41) is 0. The van der Waals surface area contributed by atoms with Crippen molar-refractivity contribution >= 4 is 0 Å². The SMILES string of the molecule is CCN(CC1CCC1)C1(CN)CCCC(C)(C)CC1. The van der Waals surface area contributed by atoms with Crippen LogP contribution in [-0.4, -0.2) is 30.1 Å². The van der Waals surface area contributed by atoms with Gasteiger partial charge in [0.2, 0.25) is 0 Å². The van der Waals surface area contributed by atoms with Crippen LogP contribution in [0, 0.1) is 11.3 Å². The lowest BCUT2D eigenvalue weighted by molar-refractivity contribution is 0.0489. The van der Waals surface area contributed by atoms with E-state index >= 15 is 0 Å². The van der Waals surface area contributed by atoms with E-state index in [1.807, 2.05) is 0 Å². The lowest BCUT2D eigenvalue weighted by Gasteiger charge is -2.46. The van der Waals surface area contributed by atoms with Crippen LogP contribution in [0.4, 0.5) is 0 Å². The first kappa shape index (κ1) is 15.3. The summed E-state index contributed by atoms with van der Waals surface area (Å²) in [5.41, 5.74) is 7.09. The van der Waals surface area contributed by atoms with Gasteiger partial charge in [-0.05, 0) is 56.4 Å². The largest absolute Gasteiger partial charge is 0.329 e. The highest BCUT2D eigenvalue weighted by atomic mass is 15.2. The van der Waals surface area contributed by atoms with Gasteiger partial charge in [0.05, 0.1) is 0 Å². The third kappa shape index (κ3) is 3.52. The maximum Gasteiger partial charge on any atom is 0.0331 e. The quantitative estimate of drug-likeness (QED) is 0.767. The van der Waals surface area contributed by atoms with Gasteiger partial charge in [0.25, 0.3) is 0 Å². The Morgan fingerprint density at radius 1 is 1.05 bits per heavy atom. The summed E-state index contributed by atoms with van der Waals surface area (Å²) in [7, 11) is 0. The Kier molecular flexibility index (Phi) is 4.94. The predicted octanol–water partition coefficient (Wildman–Crippen LogP) is 3.80. The van der Waals surface area contributed by atoms with Crippen LogP contribution in [0.3, 0.4) is 0 Å². The first-order valence-electron chi connectivity index (χ1n) is 8.46. The molecule has 2 aliphatic carbocycles. The molecule has 2 heteroatoms. The van der Waals surface area contributed by atoms with Crippen molar-refractivity contribution in [2.24, 2.45) is 17.1 Å². The zero-order chi connectivity index (χ0) is 13.9. The van der Waals surface area contributed by atoms with Gasteiger partial charge in [0.1, 0.15) is 0 Å². The molecule has 2 rings (SSSR count). The second-order valence-corrected chi connectivity index (χ2v) is 7.78.